The summed E-state index contributed by atoms with van der Waals surface area (Å²) in [5, 5.41) is 0. The summed E-state index contributed by atoms with van der Waals surface area (Å²) >= 11 is 3.15. The van der Waals surface area contributed by atoms with Gasteiger partial charge in [0.25, 0.3) is 0 Å². The molecule has 116 valence electrons. The SMILES string of the molecule is NC1CC2CCCC(C1)N2c1ccc(Br)cc1C(F)(F)F. The minimum atomic E-state index is -4.34. The van der Waals surface area contributed by atoms with Gasteiger partial charge in [-0.25, -0.2) is 0 Å². The van der Waals surface area contributed by atoms with Crippen LogP contribution in [0.5, 0.6) is 0 Å². The molecule has 2 saturated heterocycles. The lowest BCUT2D eigenvalue weighted by Gasteiger charge is -2.50. The molecule has 2 heterocycles. The zero-order valence-electron chi connectivity index (χ0n) is 11.5. The Labute approximate surface area is 130 Å². The number of nitrogens with zero attached hydrogens (tertiary/aromatic N) is 1. The van der Waals surface area contributed by atoms with E-state index in [0.717, 1.165) is 32.1 Å². The van der Waals surface area contributed by atoms with Gasteiger partial charge in [-0.2, -0.15) is 13.2 Å². The summed E-state index contributed by atoms with van der Waals surface area (Å²) in [5.74, 6) is 0. The molecule has 2 nitrogen and oxygen atoms in total. The molecule has 2 N–H and O–H groups in total. The molecule has 0 saturated carbocycles. The van der Waals surface area contributed by atoms with Crippen molar-refractivity contribution < 1.29 is 13.2 Å². The second-order valence-electron chi connectivity index (χ2n) is 6.04. The molecule has 2 bridgehead atoms. The van der Waals surface area contributed by atoms with Crippen LogP contribution in [0, 0.1) is 0 Å². The van der Waals surface area contributed by atoms with E-state index in [-0.39, 0.29) is 18.1 Å². The van der Waals surface area contributed by atoms with E-state index in [1.165, 1.54) is 6.07 Å². The molecule has 3 rings (SSSR count). The van der Waals surface area contributed by atoms with Crippen LogP contribution in [0.2, 0.25) is 0 Å². The number of nitrogens with two attached hydrogens (primary N) is 1. The predicted molar refractivity (Wildman–Crippen MR) is 80.3 cm³/mol. The number of piperidine rings is 2. The van der Waals surface area contributed by atoms with E-state index in [1.54, 1.807) is 12.1 Å². The largest absolute Gasteiger partial charge is 0.418 e. The number of rotatable bonds is 1. The molecular weight excluding hydrogens is 345 g/mol. The van der Waals surface area contributed by atoms with Gasteiger partial charge in [-0.1, -0.05) is 15.9 Å². The lowest BCUT2D eigenvalue weighted by molar-refractivity contribution is -0.137. The number of alkyl halides is 3. The second-order valence-corrected chi connectivity index (χ2v) is 6.95. The van der Waals surface area contributed by atoms with Gasteiger partial charge in [-0.15, -0.1) is 0 Å². The predicted octanol–water partition coefficient (Wildman–Crippen LogP) is 4.32. The lowest BCUT2D eigenvalue weighted by atomic mass is 9.81. The number of hydrogen-bond acceptors (Lipinski definition) is 2. The molecule has 0 radical (unpaired) electrons. The topological polar surface area (TPSA) is 29.3 Å². The van der Waals surface area contributed by atoms with Gasteiger partial charge in [0.15, 0.2) is 0 Å². The summed E-state index contributed by atoms with van der Waals surface area (Å²) in [6.07, 6.45) is 0.159. The van der Waals surface area contributed by atoms with E-state index >= 15 is 0 Å². The van der Waals surface area contributed by atoms with E-state index < -0.39 is 11.7 Å². The maximum atomic E-state index is 13.4. The number of benzene rings is 1. The Bertz CT molecular complexity index is 518. The smallest absolute Gasteiger partial charge is 0.365 e. The van der Waals surface area contributed by atoms with Crippen molar-refractivity contribution in [2.75, 3.05) is 4.90 Å². The summed E-state index contributed by atoms with van der Waals surface area (Å²) in [7, 11) is 0. The minimum absolute atomic E-state index is 0.112. The van der Waals surface area contributed by atoms with Gasteiger partial charge in [0.2, 0.25) is 0 Å². The molecule has 1 aromatic rings. The van der Waals surface area contributed by atoms with Gasteiger partial charge in [0.1, 0.15) is 0 Å². The van der Waals surface area contributed by atoms with Gasteiger partial charge >= 0.3 is 6.18 Å². The average molecular weight is 363 g/mol. The highest BCUT2D eigenvalue weighted by Gasteiger charge is 2.42. The zero-order valence-corrected chi connectivity index (χ0v) is 13.1. The van der Waals surface area contributed by atoms with Crippen molar-refractivity contribution >= 4 is 21.6 Å². The lowest BCUT2D eigenvalue weighted by Crippen LogP contribution is -2.56. The van der Waals surface area contributed by atoms with Crippen LogP contribution in [0.25, 0.3) is 0 Å². The highest BCUT2D eigenvalue weighted by molar-refractivity contribution is 9.10. The third-order valence-electron chi connectivity index (χ3n) is 4.55. The standard InChI is InChI=1S/C15H18BrF3N2/c16-9-4-5-14(13(6-9)15(17,18)19)21-11-2-1-3-12(21)8-10(20)7-11/h4-6,10-12H,1-3,7-8,20H2. The van der Waals surface area contributed by atoms with E-state index in [9.17, 15) is 13.2 Å². The summed E-state index contributed by atoms with van der Waals surface area (Å²) in [6, 6.07) is 4.84. The highest BCUT2D eigenvalue weighted by Crippen LogP contribution is 2.44. The summed E-state index contributed by atoms with van der Waals surface area (Å²) in [5.41, 5.74) is 5.82. The van der Waals surface area contributed by atoms with Crippen LogP contribution in [0.4, 0.5) is 18.9 Å². The van der Waals surface area contributed by atoms with Crippen LogP contribution in [-0.4, -0.2) is 18.1 Å². The van der Waals surface area contributed by atoms with Crippen LogP contribution in [-0.2, 0) is 6.18 Å². The molecule has 2 aliphatic heterocycles. The van der Waals surface area contributed by atoms with E-state index in [4.69, 9.17) is 5.73 Å². The summed E-state index contributed by atoms with van der Waals surface area (Å²) < 4.78 is 40.5. The maximum Gasteiger partial charge on any atom is 0.418 e. The molecule has 21 heavy (non-hydrogen) atoms. The molecule has 0 spiro atoms. The first kappa shape index (κ1) is 15.2. The molecule has 0 aliphatic carbocycles. The van der Waals surface area contributed by atoms with Gasteiger partial charge in [0.05, 0.1) is 5.56 Å². The fourth-order valence-electron chi connectivity index (χ4n) is 3.78. The van der Waals surface area contributed by atoms with Crippen molar-refractivity contribution in [3.05, 3.63) is 28.2 Å². The number of fused-ring (bicyclic) bond motifs is 2. The maximum absolute atomic E-state index is 13.4. The van der Waals surface area contributed by atoms with Crippen LogP contribution >= 0.6 is 15.9 Å². The Kier molecular flexibility index (Phi) is 3.94. The van der Waals surface area contributed by atoms with Crippen LogP contribution in [0.15, 0.2) is 22.7 Å². The summed E-state index contributed by atoms with van der Waals surface area (Å²) in [4.78, 5) is 1.99. The fourth-order valence-corrected chi connectivity index (χ4v) is 4.14. The molecule has 2 atom stereocenters. The first-order chi connectivity index (χ1) is 9.86. The molecule has 6 heteroatoms. The average Bonchev–Trinajstić information content (AvgIpc) is 2.37. The fraction of sp³-hybridized carbons (Fsp3) is 0.600. The Morgan fingerprint density at radius 1 is 1.14 bits per heavy atom. The van der Waals surface area contributed by atoms with Crippen molar-refractivity contribution in [2.24, 2.45) is 5.73 Å². The molecule has 0 aromatic heterocycles. The van der Waals surface area contributed by atoms with E-state index in [2.05, 4.69) is 15.9 Å². The zero-order chi connectivity index (χ0) is 15.2. The molecule has 0 amide bonds. The van der Waals surface area contributed by atoms with Crippen molar-refractivity contribution in [1.29, 1.82) is 0 Å². The van der Waals surface area contributed by atoms with Crippen molar-refractivity contribution in [1.82, 2.24) is 0 Å². The number of hydrogen-bond donors (Lipinski definition) is 1. The Morgan fingerprint density at radius 2 is 1.76 bits per heavy atom. The first-order valence-corrected chi connectivity index (χ1v) is 8.06. The van der Waals surface area contributed by atoms with Gasteiger partial charge in [0, 0.05) is 28.3 Å². The van der Waals surface area contributed by atoms with Crippen LogP contribution in [0.1, 0.15) is 37.7 Å². The Hall–Kier alpha value is -0.750. The molecule has 2 aliphatic rings. The van der Waals surface area contributed by atoms with Crippen molar-refractivity contribution in [2.45, 2.75) is 56.4 Å². The first-order valence-electron chi connectivity index (χ1n) is 7.27. The normalized spacial score (nSPS) is 29.6. The number of halogens is 4. The van der Waals surface area contributed by atoms with Crippen LogP contribution < -0.4 is 10.6 Å². The molecule has 2 fully saturated rings. The van der Waals surface area contributed by atoms with E-state index in [0.29, 0.717) is 10.2 Å². The Balaban J connectivity index is 2.04. The monoisotopic (exact) mass is 362 g/mol. The quantitative estimate of drug-likeness (QED) is 0.806. The minimum Gasteiger partial charge on any atom is -0.365 e. The van der Waals surface area contributed by atoms with Crippen molar-refractivity contribution in [3.63, 3.8) is 0 Å². The highest BCUT2D eigenvalue weighted by atomic mass is 79.9. The van der Waals surface area contributed by atoms with Crippen molar-refractivity contribution in [3.8, 4) is 0 Å². The van der Waals surface area contributed by atoms with Crippen LogP contribution in [0.3, 0.4) is 0 Å². The molecule has 2 unspecified atom stereocenters. The van der Waals surface area contributed by atoms with E-state index in [1.807, 2.05) is 4.90 Å². The third-order valence-corrected chi connectivity index (χ3v) is 5.05. The molecular formula is C15H18BrF3N2. The van der Waals surface area contributed by atoms with Gasteiger partial charge < -0.3 is 10.6 Å². The van der Waals surface area contributed by atoms with Gasteiger partial charge in [-0.3, -0.25) is 0 Å². The molecule has 1 aromatic carbocycles. The third kappa shape index (κ3) is 2.93. The van der Waals surface area contributed by atoms with Gasteiger partial charge in [-0.05, 0) is 50.3 Å². The Morgan fingerprint density at radius 3 is 2.33 bits per heavy atom. The number of anilines is 1. The summed E-state index contributed by atoms with van der Waals surface area (Å²) in [6.45, 7) is 0. The second kappa shape index (κ2) is 5.47.